The molecule has 1 unspecified atom stereocenters. The van der Waals surface area contributed by atoms with Crippen molar-refractivity contribution < 1.29 is 66.3 Å². The molecule has 0 saturated heterocycles. The normalized spacial score (nSPS) is 14.3. The van der Waals surface area contributed by atoms with Gasteiger partial charge in [-0.05, 0) is 50.5 Å². The number of aliphatic hydroxyl groups is 1. The van der Waals surface area contributed by atoms with E-state index in [0.717, 1.165) is 50.9 Å². The van der Waals surface area contributed by atoms with Crippen LogP contribution in [0.5, 0.6) is 0 Å². The number of ketones is 1. The van der Waals surface area contributed by atoms with Crippen LogP contribution < -0.4 is 0 Å². The van der Waals surface area contributed by atoms with Gasteiger partial charge in [0, 0.05) is 19.3 Å². The van der Waals surface area contributed by atoms with Crippen LogP contribution in [0.2, 0.25) is 0 Å². The minimum Gasteiger partial charge on any atom is -0.462 e. The third-order valence-corrected chi connectivity index (χ3v) is 11.6. The van der Waals surface area contributed by atoms with Gasteiger partial charge in [0.1, 0.15) is 12.7 Å². The summed E-state index contributed by atoms with van der Waals surface area (Å²) in [5.41, 5.74) is 0. The van der Waals surface area contributed by atoms with Crippen molar-refractivity contribution >= 4 is 33.4 Å². The smallest absolute Gasteiger partial charge is 0.462 e. The number of ether oxygens (including phenoxy) is 2. The van der Waals surface area contributed by atoms with Gasteiger partial charge in [0.05, 0.1) is 19.8 Å². The van der Waals surface area contributed by atoms with E-state index < -0.39 is 66.2 Å². The molecule has 14 nitrogen and oxygen atoms in total. The molecule has 0 fully saturated rings. The summed E-state index contributed by atoms with van der Waals surface area (Å²) in [6.07, 6.45) is 39.5. The minimum atomic E-state index is -4.88. The third-order valence-electron chi connectivity index (χ3n) is 10.1. The van der Waals surface area contributed by atoms with Gasteiger partial charge in [0.25, 0.3) is 0 Å². The van der Waals surface area contributed by atoms with E-state index in [9.17, 15) is 33.5 Å². The molecule has 64 heavy (non-hydrogen) atoms. The summed E-state index contributed by atoms with van der Waals surface area (Å²) < 4.78 is 47.8. The quantitative estimate of drug-likeness (QED) is 0.0112. The van der Waals surface area contributed by atoms with Crippen molar-refractivity contribution in [3.63, 3.8) is 0 Å². The number of phosphoric ester groups is 2. The molecule has 0 heterocycles. The maximum Gasteiger partial charge on any atom is 0.472 e. The average Bonchev–Trinajstić information content (AvgIpc) is 3.24. The van der Waals surface area contributed by atoms with Crippen LogP contribution >= 0.6 is 15.6 Å². The minimum absolute atomic E-state index is 0.0297. The van der Waals surface area contributed by atoms with Crippen LogP contribution in [0.1, 0.15) is 194 Å². The number of rotatable bonds is 45. The molecule has 0 rings (SSSR count). The van der Waals surface area contributed by atoms with Crippen molar-refractivity contribution in [3.05, 3.63) is 48.6 Å². The van der Waals surface area contributed by atoms with Crippen LogP contribution in [0, 0.1) is 5.92 Å². The fourth-order valence-electron chi connectivity index (χ4n) is 6.42. The Bertz CT molecular complexity index is 1390. The van der Waals surface area contributed by atoms with Gasteiger partial charge in [-0.2, -0.15) is 0 Å². The predicted molar refractivity (Wildman–Crippen MR) is 253 cm³/mol. The highest BCUT2D eigenvalue weighted by atomic mass is 31.2. The average molecular weight is 949 g/mol. The number of allylic oxidation sites excluding steroid dienone is 8. The molecule has 0 aromatic rings. The molecule has 0 aliphatic rings. The standard InChI is InChI=1S/C48H86O14P2/c1-4-5-29-35-44(49)36-31-26-22-18-14-12-16-20-24-28-33-38-48(52)62-46(42-61-64(56,57)60-40-45(50)39-59-63(53,54)55)41-58-47(51)37-32-27-23-19-15-11-9-7-6-8-10-13-17-21-25-30-34-43(2)3/h12,14,20,22,24,26,31,36,43,45-46,50H,4-11,13,15-19,21,23,25,27-30,32-35,37-42H2,1-3H3,(H,56,57)(H2,53,54,55)/b14-12-,24-20-,26-22-,36-31+/t45-,46+/m0/s1. The monoisotopic (exact) mass is 949 g/mol. The second-order valence-electron chi connectivity index (χ2n) is 16.9. The SMILES string of the molecule is CCCCCC(=O)/C=C/C=C\C/C=C\C/C=C\CCCC(=O)O[C@H](COC(=O)CCCCCCCCCCCCCCCCCCC(C)C)COP(=O)(O)OC[C@@H](O)COP(=O)(O)O. The number of carbonyl (C=O) groups is 3. The first kappa shape index (κ1) is 61.8. The molecular weight excluding hydrogens is 862 g/mol. The van der Waals surface area contributed by atoms with E-state index in [1.54, 1.807) is 12.2 Å². The lowest BCUT2D eigenvalue weighted by molar-refractivity contribution is -0.161. The van der Waals surface area contributed by atoms with Gasteiger partial charge in [-0.3, -0.25) is 28.0 Å². The van der Waals surface area contributed by atoms with Crippen LogP contribution in [0.15, 0.2) is 48.6 Å². The number of unbranched alkanes of at least 4 members (excludes halogenated alkanes) is 18. The van der Waals surface area contributed by atoms with E-state index in [0.29, 0.717) is 32.1 Å². The maximum absolute atomic E-state index is 12.7. The van der Waals surface area contributed by atoms with Gasteiger partial charge in [-0.15, -0.1) is 0 Å². The highest BCUT2D eigenvalue weighted by Crippen LogP contribution is 2.43. The van der Waals surface area contributed by atoms with Crippen LogP contribution in [-0.2, 0) is 46.6 Å². The number of hydrogen-bond donors (Lipinski definition) is 4. The molecule has 0 spiro atoms. The second kappa shape index (κ2) is 42.1. The van der Waals surface area contributed by atoms with Crippen LogP contribution in [-0.4, -0.2) is 76.1 Å². The molecule has 16 heteroatoms. The number of hydrogen-bond acceptors (Lipinski definition) is 11. The Balaban J connectivity index is 4.55. The zero-order valence-corrected chi connectivity index (χ0v) is 41.3. The fourth-order valence-corrected chi connectivity index (χ4v) is 7.58. The lowest BCUT2D eigenvalue weighted by Crippen LogP contribution is -2.29. The van der Waals surface area contributed by atoms with E-state index in [2.05, 4.69) is 29.8 Å². The summed E-state index contributed by atoms with van der Waals surface area (Å²) in [6, 6.07) is 0. The topological polar surface area (TPSA) is 212 Å². The molecule has 372 valence electrons. The molecule has 0 saturated carbocycles. The largest absolute Gasteiger partial charge is 0.472 e. The Hall–Kier alpha value is -2.25. The van der Waals surface area contributed by atoms with Crippen molar-refractivity contribution in [1.29, 1.82) is 0 Å². The lowest BCUT2D eigenvalue weighted by Gasteiger charge is -2.20. The molecular formula is C48H86O14P2. The molecule has 0 bridgehead atoms. The van der Waals surface area contributed by atoms with Crippen LogP contribution in [0.4, 0.5) is 0 Å². The van der Waals surface area contributed by atoms with E-state index in [-0.39, 0.29) is 18.6 Å². The van der Waals surface area contributed by atoms with E-state index >= 15 is 0 Å². The number of esters is 2. The Morgan fingerprint density at radius 3 is 1.62 bits per heavy atom. The Kier molecular flexibility index (Phi) is 40.6. The predicted octanol–water partition coefficient (Wildman–Crippen LogP) is 12.0. The van der Waals surface area contributed by atoms with Gasteiger partial charge in [0.15, 0.2) is 11.9 Å². The Labute approximate surface area is 385 Å². The van der Waals surface area contributed by atoms with E-state index in [1.165, 1.54) is 83.5 Å². The number of aliphatic hydroxyl groups excluding tert-OH is 1. The number of phosphoric acid groups is 2. The van der Waals surface area contributed by atoms with Crippen LogP contribution in [0.3, 0.4) is 0 Å². The van der Waals surface area contributed by atoms with Crippen molar-refractivity contribution in [2.45, 2.75) is 206 Å². The summed E-state index contributed by atoms with van der Waals surface area (Å²) in [6.45, 7) is 3.88. The lowest BCUT2D eigenvalue weighted by atomic mass is 10.0. The van der Waals surface area contributed by atoms with Crippen molar-refractivity contribution in [2.24, 2.45) is 5.92 Å². The number of carbonyl (C=O) groups excluding carboxylic acids is 3. The first-order valence-corrected chi connectivity index (χ1v) is 27.2. The highest BCUT2D eigenvalue weighted by molar-refractivity contribution is 7.47. The van der Waals surface area contributed by atoms with Gasteiger partial charge in [-0.1, -0.05) is 179 Å². The first-order chi connectivity index (χ1) is 30.6. The van der Waals surface area contributed by atoms with Gasteiger partial charge in [0.2, 0.25) is 0 Å². The summed E-state index contributed by atoms with van der Waals surface area (Å²) >= 11 is 0. The maximum atomic E-state index is 12.7. The molecule has 4 N–H and O–H groups in total. The summed E-state index contributed by atoms with van der Waals surface area (Å²) in [5, 5.41) is 9.76. The van der Waals surface area contributed by atoms with Crippen LogP contribution in [0.25, 0.3) is 0 Å². The molecule has 0 aliphatic heterocycles. The molecule has 0 aromatic carbocycles. The third kappa shape index (κ3) is 46.3. The van der Waals surface area contributed by atoms with Gasteiger partial charge in [-0.25, -0.2) is 9.13 Å². The van der Waals surface area contributed by atoms with Crippen molar-refractivity contribution in [1.82, 2.24) is 0 Å². The van der Waals surface area contributed by atoms with E-state index in [4.69, 9.17) is 23.8 Å². The zero-order chi connectivity index (χ0) is 47.6. The fraction of sp³-hybridized carbons (Fsp3) is 0.771. The molecule has 0 radical (unpaired) electrons. The second-order valence-corrected chi connectivity index (χ2v) is 19.6. The molecule has 3 atom stereocenters. The van der Waals surface area contributed by atoms with Gasteiger partial charge >= 0.3 is 27.6 Å². The zero-order valence-electron chi connectivity index (χ0n) is 39.5. The summed E-state index contributed by atoms with van der Waals surface area (Å²) in [7, 11) is -9.72. The van der Waals surface area contributed by atoms with Gasteiger partial charge < -0.3 is 29.3 Å². The summed E-state index contributed by atoms with van der Waals surface area (Å²) in [4.78, 5) is 64.5. The molecule has 0 amide bonds. The molecule has 0 aromatic heterocycles. The Morgan fingerprint density at radius 2 is 1.05 bits per heavy atom. The molecule has 0 aliphatic carbocycles. The van der Waals surface area contributed by atoms with E-state index in [1.807, 2.05) is 36.5 Å². The van der Waals surface area contributed by atoms with Crippen molar-refractivity contribution in [3.8, 4) is 0 Å². The Morgan fingerprint density at radius 1 is 0.547 bits per heavy atom. The first-order valence-electron chi connectivity index (χ1n) is 24.1. The highest BCUT2D eigenvalue weighted by Gasteiger charge is 2.28. The van der Waals surface area contributed by atoms with Crippen molar-refractivity contribution in [2.75, 3.05) is 26.4 Å². The summed E-state index contributed by atoms with van der Waals surface area (Å²) in [5.74, 6) is -0.165.